The Kier molecular flexibility index (Phi) is 16.0. The van der Waals surface area contributed by atoms with Crippen molar-refractivity contribution in [3.05, 3.63) is 91.3 Å². The van der Waals surface area contributed by atoms with Gasteiger partial charge < -0.3 is 64.6 Å². The van der Waals surface area contributed by atoms with Gasteiger partial charge in [-0.15, -0.1) is 0 Å². The smallest absolute Gasteiger partial charge is 0.240 e. The van der Waals surface area contributed by atoms with Crippen molar-refractivity contribution in [3.8, 4) is 45.9 Å². The van der Waals surface area contributed by atoms with E-state index < -0.39 is 6.04 Å². The second-order valence-corrected chi connectivity index (χ2v) is 16.8. The summed E-state index contributed by atoms with van der Waals surface area (Å²) in [5.74, 6) is 5.33. The summed E-state index contributed by atoms with van der Waals surface area (Å²) < 4.78 is 36.1. The van der Waals surface area contributed by atoms with E-state index in [-0.39, 0.29) is 23.0 Å². The van der Waals surface area contributed by atoms with Gasteiger partial charge in [-0.25, -0.2) is 19.9 Å². The number of nitrogens with one attached hydrogen (secondary N) is 2. The van der Waals surface area contributed by atoms with Gasteiger partial charge in [0.2, 0.25) is 34.5 Å². The number of amides is 2. The zero-order chi connectivity index (χ0) is 51.6. The Bertz CT molecular complexity index is 3190. The summed E-state index contributed by atoms with van der Waals surface area (Å²) >= 11 is 6.03. The van der Waals surface area contributed by atoms with Crippen molar-refractivity contribution in [2.75, 3.05) is 64.7 Å². The molecule has 0 bridgehead atoms. The molecule has 2 aromatic carbocycles. The maximum atomic E-state index is 12.0. The number of imidazole rings is 2. The minimum Gasteiger partial charge on any atom is -0.493 e. The van der Waals surface area contributed by atoms with E-state index in [9.17, 15) is 9.59 Å². The van der Waals surface area contributed by atoms with E-state index >= 15 is 0 Å². The molecule has 2 fully saturated rings. The number of anilines is 5. The molecule has 380 valence electrons. The summed E-state index contributed by atoms with van der Waals surface area (Å²) in [6.45, 7) is 0.647. The van der Waals surface area contributed by atoms with Crippen molar-refractivity contribution in [3.63, 3.8) is 0 Å². The van der Waals surface area contributed by atoms with Gasteiger partial charge in [-0.3, -0.25) is 19.6 Å². The van der Waals surface area contributed by atoms with E-state index in [1.807, 2.05) is 50.4 Å². The van der Waals surface area contributed by atoms with Gasteiger partial charge in [-0.2, -0.15) is 9.97 Å². The normalized spacial score (nSPS) is 14.1. The highest BCUT2D eigenvalue weighted by Gasteiger charge is 2.32. The van der Waals surface area contributed by atoms with Crippen LogP contribution in [0.5, 0.6) is 34.5 Å². The largest absolute Gasteiger partial charge is 0.493 e. The molecule has 24 heteroatoms. The first-order valence-corrected chi connectivity index (χ1v) is 23.3. The molecule has 6 N–H and O–H groups in total. The van der Waals surface area contributed by atoms with Gasteiger partial charge in [0.05, 0.1) is 77.5 Å². The number of hydrogen-bond acceptors (Lipinski definition) is 19. The number of fused-ring (bicyclic) bond motifs is 2. The molecule has 1 saturated heterocycles. The SMILES string of the molecule is COc1cc(-n2cnc(Nc3nc(Cl)nc4cccnc34)c2)cc(OC)c1OC.COc1cc(-n2cnc(Nc3nc(N4CCC[C@H]4C(N)=O)nc4cccnc34)c2)cc(OC)c1OC.NC(=O)C1CCCC1. The third-order valence-corrected chi connectivity index (χ3v) is 12.2. The van der Waals surface area contributed by atoms with Crippen LogP contribution in [0.3, 0.4) is 0 Å². The van der Waals surface area contributed by atoms with E-state index in [0.717, 1.165) is 30.6 Å². The first-order valence-electron chi connectivity index (χ1n) is 22.9. The van der Waals surface area contributed by atoms with E-state index in [2.05, 4.69) is 45.5 Å². The number of rotatable bonds is 15. The third-order valence-electron chi connectivity index (χ3n) is 12.0. The molecule has 1 aliphatic carbocycles. The number of nitrogens with zero attached hydrogens (tertiary/aromatic N) is 11. The highest BCUT2D eigenvalue weighted by atomic mass is 35.5. The van der Waals surface area contributed by atoms with E-state index in [1.165, 1.54) is 12.8 Å². The maximum Gasteiger partial charge on any atom is 0.240 e. The van der Waals surface area contributed by atoms with Crippen LogP contribution in [0.2, 0.25) is 5.28 Å². The van der Waals surface area contributed by atoms with Gasteiger partial charge in [0.1, 0.15) is 41.4 Å². The van der Waals surface area contributed by atoms with Gasteiger partial charge >= 0.3 is 0 Å². The Balaban J connectivity index is 0.000000172. The van der Waals surface area contributed by atoms with Crippen molar-refractivity contribution >= 4 is 74.7 Å². The predicted molar refractivity (Wildman–Crippen MR) is 273 cm³/mol. The van der Waals surface area contributed by atoms with E-state index in [1.54, 1.807) is 92.2 Å². The number of aromatic nitrogens is 10. The van der Waals surface area contributed by atoms with Crippen molar-refractivity contribution < 1.29 is 38.0 Å². The lowest BCUT2D eigenvalue weighted by Crippen LogP contribution is -2.41. The van der Waals surface area contributed by atoms with Crippen LogP contribution in [0, 0.1) is 5.92 Å². The van der Waals surface area contributed by atoms with Gasteiger partial charge in [0.15, 0.2) is 34.6 Å². The number of carbonyl (C=O) groups excluding carboxylic acids is 2. The van der Waals surface area contributed by atoms with Crippen LogP contribution in [0.4, 0.5) is 29.2 Å². The standard InChI is InChI=1S/C24H26N8O4.C19H17ClN6O3.C6H11NO/c1-34-17-10-14(11-18(35-2)21(17)36-3)31-12-19(27-13-31)29-23-20-15(6-4-8-26-20)28-24(30-23)32-9-5-7-16(32)22(25)33;1-27-13-7-11(8-14(28-2)17(13)29-3)26-9-15(22-10-26)24-18-16-12(5-4-6-21-16)23-19(20)25-18;7-6(8)5-3-1-2-4-5/h4,6,8,10-13,16H,5,7,9H2,1-3H3,(H2,25,33)(H,28,29,30);4-10H,1-3H3,(H,23,24,25);5H,1-4H2,(H2,7,8)/t16-;;/m0../s1. The molecule has 10 rings (SSSR count). The lowest BCUT2D eigenvalue weighted by molar-refractivity contribution is -0.121. The fraction of sp³-hybridized carbons (Fsp3) is 0.306. The number of carbonyl (C=O) groups is 2. The number of nitrogens with two attached hydrogens (primary N) is 2. The summed E-state index contributed by atoms with van der Waals surface area (Å²) in [4.78, 5) is 59.6. The summed E-state index contributed by atoms with van der Waals surface area (Å²) in [5, 5.41) is 6.51. The number of pyridine rings is 2. The molecule has 23 nitrogen and oxygen atoms in total. The van der Waals surface area contributed by atoms with E-state index in [4.69, 9.17) is 56.5 Å². The molecule has 7 heterocycles. The minimum absolute atomic E-state index is 0.109. The molecule has 6 aromatic heterocycles. The van der Waals surface area contributed by atoms with Crippen LogP contribution in [0.15, 0.2) is 86.0 Å². The molecule has 0 radical (unpaired) electrons. The second kappa shape index (κ2) is 23.0. The van der Waals surface area contributed by atoms with Crippen molar-refractivity contribution in [1.82, 2.24) is 49.0 Å². The molecule has 1 aliphatic heterocycles. The molecule has 2 amide bonds. The highest BCUT2D eigenvalue weighted by molar-refractivity contribution is 6.28. The summed E-state index contributed by atoms with van der Waals surface area (Å²) in [7, 11) is 9.38. The van der Waals surface area contributed by atoms with Crippen LogP contribution in [0.1, 0.15) is 38.5 Å². The van der Waals surface area contributed by atoms with Gasteiger partial charge in [-0.05, 0) is 61.5 Å². The monoisotopic (exact) mass is 1020 g/mol. The van der Waals surface area contributed by atoms with E-state index in [0.29, 0.717) is 98.7 Å². The second-order valence-electron chi connectivity index (χ2n) is 16.4. The molecule has 0 spiro atoms. The number of benzene rings is 2. The van der Waals surface area contributed by atoms with Crippen molar-refractivity contribution in [1.29, 1.82) is 0 Å². The third kappa shape index (κ3) is 11.4. The molecule has 2 aliphatic rings. The lowest BCUT2D eigenvalue weighted by atomic mass is 10.1. The molecule has 8 aromatic rings. The summed E-state index contributed by atoms with van der Waals surface area (Å²) in [5.41, 5.74) is 14.7. The molecule has 1 atom stereocenters. The fourth-order valence-corrected chi connectivity index (χ4v) is 8.62. The Morgan fingerprint density at radius 2 is 1.08 bits per heavy atom. The highest BCUT2D eigenvalue weighted by Crippen LogP contribution is 2.41. The summed E-state index contributed by atoms with van der Waals surface area (Å²) in [6, 6.07) is 14.1. The fourth-order valence-electron chi connectivity index (χ4n) is 8.44. The Morgan fingerprint density at radius 3 is 1.52 bits per heavy atom. The molecule has 1 saturated carbocycles. The van der Waals surface area contributed by atoms with Gasteiger partial charge in [0, 0.05) is 49.1 Å². The van der Waals surface area contributed by atoms with Crippen molar-refractivity contribution in [2.45, 2.75) is 44.6 Å². The summed E-state index contributed by atoms with van der Waals surface area (Å²) in [6.07, 6.45) is 16.2. The average Bonchev–Trinajstić information content (AvgIpc) is 4.27. The number of halogens is 1. The van der Waals surface area contributed by atoms with Gasteiger partial charge in [-0.1, -0.05) is 12.8 Å². The first-order chi connectivity index (χ1) is 35.4. The number of hydrogen-bond donors (Lipinski definition) is 4. The van der Waals surface area contributed by atoms with Crippen LogP contribution < -0.4 is 55.4 Å². The minimum atomic E-state index is -0.439. The zero-order valence-corrected chi connectivity index (χ0v) is 41.7. The number of ether oxygens (including phenoxy) is 6. The Morgan fingerprint density at radius 1 is 0.603 bits per heavy atom. The van der Waals surface area contributed by atoms with Crippen LogP contribution >= 0.6 is 11.6 Å². The Labute approximate surface area is 424 Å². The van der Waals surface area contributed by atoms with Gasteiger partial charge in [0.25, 0.3) is 0 Å². The van der Waals surface area contributed by atoms with Crippen LogP contribution in [-0.2, 0) is 9.59 Å². The zero-order valence-electron chi connectivity index (χ0n) is 40.9. The Hall–Kier alpha value is -8.73. The number of primary amides is 2. The van der Waals surface area contributed by atoms with Crippen LogP contribution in [-0.4, -0.2) is 116 Å². The molecular formula is C49H54ClN15O8. The molecule has 73 heavy (non-hydrogen) atoms. The van der Waals surface area contributed by atoms with Crippen molar-refractivity contribution in [2.24, 2.45) is 17.4 Å². The lowest BCUT2D eigenvalue weighted by Gasteiger charge is -2.22. The molecule has 0 unspecified atom stereocenters. The van der Waals surface area contributed by atoms with Crippen LogP contribution in [0.25, 0.3) is 33.4 Å². The average molecular weight is 1020 g/mol. The number of methoxy groups -OCH3 is 6. The quantitative estimate of drug-likeness (QED) is 0.0774. The molecular weight excluding hydrogens is 962 g/mol. The first kappa shape index (κ1) is 50.7. The topological polar surface area (TPSA) is 282 Å². The predicted octanol–water partition coefficient (Wildman–Crippen LogP) is 6.73. The maximum absolute atomic E-state index is 12.0.